The lowest BCUT2D eigenvalue weighted by Crippen LogP contribution is -2.39. The van der Waals surface area contributed by atoms with Gasteiger partial charge in [-0.05, 0) is 20.8 Å². The van der Waals surface area contributed by atoms with Gasteiger partial charge in [0.05, 0.1) is 6.54 Å². The van der Waals surface area contributed by atoms with E-state index in [1.54, 1.807) is 4.90 Å². The maximum atomic E-state index is 11.0. The van der Waals surface area contributed by atoms with Gasteiger partial charge in [-0.15, -0.1) is 0 Å². The summed E-state index contributed by atoms with van der Waals surface area (Å²) < 4.78 is 0. The van der Waals surface area contributed by atoms with Crippen molar-refractivity contribution in [3.05, 3.63) is 11.9 Å². The van der Waals surface area contributed by atoms with Gasteiger partial charge in [-0.3, -0.25) is 4.79 Å². The molecule has 0 saturated carbocycles. The highest BCUT2D eigenvalue weighted by atomic mass is 16.1. The molecule has 6 heteroatoms. The molecule has 0 fully saturated rings. The molecule has 0 aliphatic carbocycles. The van der Waals surface area contributed by atoms with E-state index in [-0.39, 0.29) is 12.6 Å². The molecule has 6 nitrogen and oxygen atoms in total. The summed E-state index contributed by atoms with van der Waals surface area (Å²) >= 11 is 0. The van der Waals surface area contributed by atoms with Crippen LogP contribution in [0, 0.1) is 6.92 Å². The molecule has 0 aliphatic heterocycles. The molecule has 0 bridgehead atoms. The minimum Gasteiger partial charge on any atom is -0.383 e. The Morgan fingerprint density at radius 2 is 2.12 bits per heavy atom. The van der Waals surface area contributed by atoms with E-state index in [4.69, 9.17) is 11.5 Å². The summed E-state index contributed by atoms with van der Waals surface area (Å²) in [6.45, 7) is 5.86. The Balaban J connectivity index is 3.10. The number of hydrogen-bond acceptors (Lipinski definition) is 5. The van der Waals surface area contributed by atoms with Crippen LogP contribution in [0.2, 0.25) is 0 Å². The number of hydrogen-bond donors (Lipinski definition) is 2. The second-order valence-corrected chi connectivity index (χ2v) is 3.90. The summed E-state index contributed by atoms with van der Waals surface area (Å²) in [5.74, 6) is 0.673. The van der Waals surface area contributed by atoms with Crippen LogP contribution in [-0.2, 0) is 4.79 Å². The molecule has 1 amide bonds. The third-order valence-electron chi connectivity index (χ3n) is 2.32. The molecule has 16 heavy (non-hydrogen) atoms. The Hall–Kier alpha value is -1.85. The highest BCUT2D eigenvalue weighted by Crippen LogP contribution is 2.21. The van der Waals surface area contributed by atoms with Gasteiger partial charge in [0.25, 0.3) is 0 Å². The highest BCUT2D eigenvalue weighted by Gasteiger charge is 2.17. The molecule has 1 aromatic heterocycles. The summed E-state index contributed by atoms with van der Waals surface area (Å²) in [5.41, 5.74) is 11.7. The molecule has 88 valence electrons. The third-order valence-corrected chi connectivity index (χ3v) is 2.32. The van der Waals surface area contributed by atoms with Crippen molar-refractivity contribution >= 4 is 17.5 Å². The van der Waals surface area contributed by atoms with E-state index in [1.807, 2.05) is 20.8 Å². The molecule has 0 spiro atoms. The topological polar surface area (TPSA) is 98.1 Å². The molecule has 0 radical (unpaired) electrons. The standard InChI is InChI=1S/C10H17N5O/c1-6(2)15(4-8(11)16)10-7(3)9(12)13-5-14-10/h5-6H,4H2,1-3H3,(H2,11,16)(H2,12,13,14). The number of carbonyl (C=O) groups is 1. The van der Waals surface area contributed by atoms with Crippen LogP contribution in [0.5, 0.6) is 0 Å². The van der Waals surface area contributed by atoms with Crippen LogP contribution in [0.25, 0.3) is 0 Å². The van der Waals surface area contributed by atoms with E-state index in [9.17, 15) is 4.79 Å². The number of carbonyl (C=O) groups excluding carboxylic acids is 1. The van der Waals surface area contributed by atoms with Crippen LogP contribution in [0.15, 0.2) is 6.33 Å². The number of anilines is 2. The van der Waals surface area contributed by atoms with Gasteiger partial charge in [-0.2, -0.15) is 0 Å². The first-order valence-corrected chi connectivity index (χ1v) is 5.05. The molecular weight excluding hydrogens is 206 g/mol. The number of aromatic nitrogens is 2. The minimum absolute atomic E-state index is 0.112. The van der Waals surface area contributed by atoms with Crippen LogP contribution >= 0.6 is 0 Å². The van der Waals surface area contributed by atoms with Crippen molar-refractivity contribution in [1.29, 1.82) is 0 Å². The molecule has 1 aromatic rings. The first kappa shape index (κ1) is 12.2. The lowest BCUT2D eigenvalue weighted by atomic mass is 10.2. The van der Waals surface area contributed by atoms with Gasteiger partial charge < -0.3 is 16.4 Å². The van der Waals surface area contributed by atoms with Crippen LogP contribution in [-0.4, -0.2) is 28.5 Å². The SMILES string of the molecule is Cc1c(N)ncnc1N(CC(N)=O)C(C)C. The van der Waals surface area contributed by atoms with Gasteiger partial charge in [0, 0.05) is 11.6 Å². The molecule has 0 saturated heterocycles. The zero-order valence-electron chi connectivity index (χ0n) is 9.77. The minimum atomic E-state index is -0.398. The predicted octanol–water partition coefficient (Wildman–Crippen LogP) is 0.0673. The van der Waals surface area contributed by atoms with Crippen LogP contribution in [0.3, 0.4) is 0 Å². The van der Waals surface area contributed by atoms with Crippen LogP contribution in [0.4, 0.5) is 11.6 Å². The van der Waals surface area contributed by atoms with Crippen molar-refractivity contribution in [2.45, 2.75) is 26.8 Å². The van der Waals surface area contributed by atoms with Gasteiger partial charge in [0.15, 0.2) is 0 Å². The molecule has 1 heterocycles. The first-order valence-electron chi connectivity index (χ1n) is 5.05. The Morgan fingerprint density at radius 3 is 2.62 bits per heavy atom. The van der Waals surface area contributed by atoms with Crippen LogP contribution < -0.4 is 16.4 Å². The van der Waals surface area contributed by atoms with E-state index in [0.29, 0.717) is 11.6 Å². The van der Waals surface area contributed by atoms with Crippen molar-refractivity contribution in [1.82, 2.24) is 9.97 Å². The monoisotopic (exact) mass is 223 g/mol. The zero-order chi connectivity index (χ0) is 12.3. The number of amides is 1. The van der Waals surface area contributed by atoms with E-state index in [1.165, 1.54) is 6.33 Å². The Labute approximate surface area is 94.7 Å². The second-order valence-electron chi connectivity index (χ2n) is 3.90. The average Bonchev–Trinajstić information content (AvgIpc) is 2.18. The van der Waals surface area contributed by atoms with Crippen LogP contribution in [0.1, 0.15) is 19.4 Å². The fourth-order valence-electron chi connectivity index (χ4n) is 1.41. The van der Waals surface area contributed by atoms with Gasteiger partial charge in [-0.25, -0.2) is 9.97 Å². The predicted molar refractivity (Wildman–Crippen MR) is 62.9 cm³/mol. The van der Waals surface area contributed by atoms with Crippen molar-refractivity contribution in [3.8, 4) is 0 Å². The normalized spacial score (nSPS) is 10.5. The fraction of sp³-hybridized carbons (Fsp3) is 0.500. The number of nitrogens with two attached hydrogens (primary N) is 2. The summed E-state index contributed by atoms with van der Waals surface area (Å²) in [5, 5.41) is 0. The van der Waals surface area contributed by atoms with Crippen molar-refractivity contribution in [2.75, 3.05) is 17.2 Å². The summed E-state index contributed by atoms with van der Waals surface area (Å²) in [4.78, 5) is 20.8. The first-order chi connectivity index (χ1) is 7.43. The van der Waals surface area contributed by atoms with Crippen molar-refractivity contribution in [3.63, 3.8) is 0 Å². The summed E-state index contributed by atoms with van der Waals surface area (Å²) in [6.07, 6.45) is 1.38. The van der Waals surface area contributed by atoms with Gasteiger partial charge in [0.1, 0.15) is 18.0 Å². The Morgan fingerprint density at radius 1 is 1.50 bits per heavy atom. The van der Waals surface area contributed by atoms with E-state index >= 15 is 0 Å². The highest BCUT2D eigenvalue weighted by molar-refractivity contribution is 5.79. The van der Waals surface area contributed by atoms with E-state index < -0.39 is 5.91 Å². The maximum Gasteiger partial charge on any atom is 0.237 e. The lowest BCUT2D eigenvalue weighted by Gasteiger charge is -2.27. The number of nitrogen functional groups attached to an aromatic ring is 1. The number of rotatable bonds is 4. The zero-order valence-corrected chi connectivity index (χ0v) is 9.77. The Kier molecular flexibility index (Phi) is 3.65. The van der Waals surface area contributed by atoms with Gasteiger partial charge in [-0.1, -0.05) is 0 Å². The van der Waals surface area contributed by atoms with Gasteiger partial charge in [0.2, 0.25) is 5.91 Å². The molecule has 4 N–H and O–H groups in total. The summed E-state index contributed by atoms with van der Waals surface area (Å²) in [6, 6.07) is 0.112. The van der Waals surface area contributed by atoms with Gasteiger partial charge >= 0.3 is 0 Å². The molecule has 0 aliphatic rings. The number of primary amides is 1. The quantitative estimate of drug-likeness (QED) is 0.752. The fourth-order valence-corrected chi connectivity index (χ4v) is 1.41. The molecule has 1 rings (SSSR count). The van der Waals surface area contributed by atoms with Crippen molar-refractivity contribution < 1.29 is 4.79 Å². The molecule has 0 aromatic carbocycles. The lowest BCUT2D eigenvalue weighted by molar-refractivity contribution is -0.116. The van der Waals surface area contributed by atoms with E-state index in [0.717, 1.165) is 5.56 Å². The molecule has 0 atom stereocenters. The largest absolute Gasteiger partial charge is 0.383 e. The van der Waals surface area contributed by atoms with Crippen molar-refractivity contribution in [2.24, 2.45) is 5.73 Å². The average molecular weight is 223 g/mol. The summed E-state index contributed by atoms with van der Waals surface area (Å²) in [7, 11) is 0. The second kappa shape index (κ2) is 4.78. The third kappa shape index (κ3) is 2.59. The maximum absolute atomic E-state index is 11.0. The molecular formula is C10H17N5O. The smallest absolute Gasteiger partial charge is 0.237 e. The number of nitrogens with zero attached hydrogens (tertiary/aromatic N) is 3. The molecule has 0 unspecified atom stereocenters. The van der Waals surface area contributed by atoms with E-state index in [2.05, 4.69) is 9.97 Å². The Bertz CT molecular complexity index is 391.